The van der Waals surface area contributed by atoms with Gasteiger partial charge >= 0.3 is 0 Å². The molecule has 1 amide bonds. The summed E-state index contributed by atoms with van der Waals surface area (Å²) in [5.74, 6) is 1.40. The van der Waals surface area contributed by atoms with Crippen molar-refractivity contribution in [2.24, 2.45) is 7.05 Å². The topological polar surface area (TPSA) is 88.5 Å². The summed E-state index contributed by atoms with van der Waals surface area (Å²) in [5.41, 5.74) is 0.477. The van der Waals surface area contributed by atoms with Crippen LogP contribution in [0.1, 0.15) is 41.5 Å². The maximum atomic E-state index is 11.9. The van der Waals surface area contributed by atoms with E-state index < -0.39 is 0 Å². The fraction of sp³-hybridized carbons (Fsp3) is 0.455. The summed E-state index contributed by atoms with van der Waals surface area (Å²) < 4.78 is 1.51. The van der Waals surface area contributed by atoms with E-state index in [4.69, 9.17) is 0 Å². The number of aryl methyl sites for hydroxylation is 1. The van der Waals surface area contributed by atoms with Gasteiger partial charge in [-0.1, -0.05) is 6.42 Å². The number of aromatic nitrogens is 5. The summed E-state index contributed by atoms with van der Waals surface area (Å²) in [7, 11) is 1.71. The molecule has 0 spiro atoms. The molecule has 0 bridgehead atoms. The van der Waals surface area contributed by atoms with Gasteiger partial charge in [-0.3, -0.25) is 19.9 Å². The van der Waals surface area contributed by atoms with E-state index in [2.05, 4.69) is 25.6 Å². The second-order valence-corrected chi connectivity index (χ2v) is 4.47. The maximum Gasteiger partial charge on any atom is 0.276 e. The molecule has 2 heterocycles. The number of anilines is 1. The highest BCUT2D eigenvalue weighted by atomic mass is 16.2. The smallest absolute Gasteiger partial charge is 0.276 e. The zero-order valence-electron chi connectivity index (χ0n) is 10.1. The molecule has 1 aliphatic rings. The Morgan fingerprint density at radius 2 is 2.39 bits per heavy atom. The van der Waals surface area contributed by atoms with Crippen molar-refractivity contribution in [3.05, 3.63) is 23.8 Å². The van der Waals surface area contributed by atoms with E-state index in [1.165, 1.54) is 11.1 Å². The van der Waals surface area contributed by atoms with Crippen LogP contribution < -0.4 is 5.32 Å². The molecule has 1 saturated carbocycles. The molecule has 0 radical (unpaired) electrons. The molecule has 2 aromatic rings. The third-order valence-corrected chi connectivity index (χ3v) is 3.27. The fourth-order valence-corrected chi connectivity index (χ4v) is 1.96. The highest BCUT2D eigenvalue weighted by Gasteiger charge is 2.23. The van der Waals surface area contributed by atoms with Gasteiger partial charge in [-0.05, 0) is 18.9 Å². The molecular formula is C11H14N6O. The minimum Gasteiger partial charge on any atom is -0.288 e. The standard InChI is InChI=1S/C11H14N6O/c1-17-8(5-6-12-17)10(18)14-11-13-9(15-16-11)7-3-2-4-7/h5-7H,2-4H2,1H3,(H2,13,14,15,16,18). The normalized spacial score (nSPS) is 15.4. The van der Waals surface area contributed by atoms with Crippen molar-refractivity contribution in [3.8, 4) is 0 Å². The quantitative estimate of drug-likeness (QED) is 0.847. The van der Waals surface area contributed by atoms with Crippen LogP contribution in [0.4, 0.5) is 5.95 Å². The number of aromatic amines is 1. The van der Waals surface area contributed by atoms with Crippen LogP contribution >= 0.6 is 0 Å². The van der Waals surface area contributed by atoms with Gasteiger partial charge in [0.05, 0.1) is 0 Å². The van der Waals surface area contributed by atoms with Crippen LogP contribution in [0.25, 0.3) is 0 Å². The van der Waals surface area contributed by atoms with Crippen LogP contribution in [0.15, 0.2) is 12.3 Å². The molecule has 3 rings (SSSR count). The Morgan fingerprint density at radius 3 is 3.00 bits per heavy atom. The lowest BCUT2D eigenvalue weighted by Gasteiger charge is -2.22. The van der Waals surface area contributed by atoms with E-state index in [9.17, 15) is 4.79 Å². The van der Waals surface area contributed by atoms with Gasteiger partial charge in [-0.15, -0.1) is 5.10 Å². The lowest BCUT2D eigenvalue weighted by molar-refractivity contribution is 0.101. The molecule has 0 unspecified atom stereocenters. The van der Waals surface area contributed by atoms with Crippen LogP contribution in [0.3, 0.4) is 0 Å². The van der Waals surface area contributed by atoms with Gasteiger partial charge in [0.25, 0.3) is 5.91 Å². The van der Waals surface area contributed by atoms with Crippen molar-refractivity contribution in [2.45, 2.75) is 25.2 Å². The van der Waals surface area contributed by atoms with Crippen molar-refractivity contribution in [2.75, 3.05) is 5.32 Å². The Hall–Kier alpha value is -2.18. The van der Waals surface area contributed by atoms with Crippen LogP contribution in [-0.2, 0) is 7.05 Å². The summed E-state index contributed by atoms with van der Waals surface area (Å²) in [4.78, 5) is 16.2. The highest BCUT2D eigenvalue weighted by molar-refractivity contribution is 6.01. The first-order chi connectivity index (χ1) is 8.74. The first kappa shape index (κ1) is 10.9. The van der Waals surface area contributed by atoms with Gasteiger partial charge in [-0.2, -0.15) is 10.1 Å². The van der Waals surface area contributed by atoms with E-state index >= 15 is 0 Å². The summed E-state index contributed by atoms with van der Waals surface area (Å²) in [6.07, 6.45) is 5.10. The molecule has 7 nitrogen and oxygen atoms in total. The zero-order chi connectivity index (χ0) is 12.5. The summed E-state index contributed by atoms with van der Waals surface area (Å²) in [6.45, 7) is 0. The van der Waals surface area contributed by atoms with E-state index in [1.54, 1.807) is 19.3 Å². The number of nitrogens with one attached hydrogen (secondary N) is 2. The van der Waals surface area contributed by atoms with E-state index in [1.807, 2.05) is 0 Å². The first-order valence-electron chi connectivity index (χ1n) is 5.95. The Labute approximate surface area is 104 Å². The van der Waals surface area contributed by atoms with E-state index in [0.29, 0.717) is 17.6 Å². The van der Waals surface area contributed by atoms with E-state index in [0.717, 1.165) is 18.7 Å². The molecule has 0 aliphatic heterocycles. The Kier molecular flexibility index (Phi) is 2.58. The van der Waals surface area contributed by atoms with Crippen LogP contribution in [0.5, 0.6) is 0 Å². The highest BCUT2D eigenvalue weighted by Crippen LogP contribution is 2.34. The molecule has 0 aromatic carbocycles. The first-order valence-corrected chi connectivity index (χ1v) is 5.95. The summed E-state index contributed by atoms with van der Waals surface area (Å²) in [5, 5.41) is 13.5. The molecule has 2 N–H and O–H groups in total. The number of rotatable bonds is 3. The number of hydrogen-bond acceptors (Lipinski definition) is 4. The minimum absolute atomic E-state index is 0.255. The SMILES string of the molecule is Cn1nccc1C(=O)Nc1n[nH]c(C2CCC2)n1. The zero-order valence-corrected chi connectivity index (χ0v) is 10.1. The molecule has 0 atom stereocenters. The second kappa shape index (κ2) is 4.25. The van der Waals surface area contributed by atoms with Gasteiger partial charge in [0.1, 0.15) is 11.5 Å². The predicted molar refractivity (Wildman–Crippen MR) is 64.1 cm³/mol. The van der Waals surface area contributed by atoms with Crippen LogP contribution in [0, 0.1) is 0 Å². The Morgan fingerprint density at radius 1 is 1.56 bits per heavy atom. The molecule has 0 saturated heterocycles. The van der Waals surface area contributed by atoms with Gasteiger partial charge < -0.3 is 0 Å². The van der Waals surface area contributed by atoms with E-state index in [-0.39, 0.29) is 5.91 Å². The van der Waals surface area contributed by atoms with Crippen molar-refractivity contribution in [3.63, 3.8) is 0 Å². The number of nitrogens with zero attached hydrogens (tertiary/aromatic N) is 4. The predicted octanol–water partition coefficient (Wildman–Crippen LogP) is 1.06. The largest absolute Gasteiger partial charge is 0.288 e. The van der Waals surface area contributed by atoms with Crippen molar-refractivity contribution in [1.82, 2.24) is 25.0 Å². The van der Waals surface area contributed by atoms with Gasteiger partial charge in [0, 0.05) is 19.2 Å². The summed E-state index contributed by atoms with van der Waals surface area (Å²) in [6, 6.07) is 1.65. The van der Waals surface area contributed by atoms with Crippen molar-refractivity contribution in [1.29, 1.82) is 0 Å². The molecule has 1 aliphatic carbocycles. The monoisotopic (exact) mass is 246 g/mol. The lowest BCUT2D eigenvalue weighted by Crippen LogP contribution is -2.17. The molecule has 18 heavy (non-hydrogen) atoms. The molecular weight excluding hydrogens is 232 g/mol. The Balaban J connectivity index is 1.70. The number of carbonyl (C=O) groups excluding carboxylic acids is 1. The third-order valence-electron chi connectivity index (χ3n) is 3.27. The van der Waals surface area contributed by atoms with Crippen LogP contribution in [-0.4, -0.2) is 30.9 Å². The molecule has 94 valence electrons. The maximum absolute atomic E-state index is 11.9. The van der Waals surface area contributed by atoms with Crippen molar-refractivity contribution < 1.29 is 4.79 Å². The average molecular weight is 246 g/mol. The van der Waals surface area contributed by atoms with Crippen LogP contribution in [0.2, 0.25) is 0 Å². The fourth-order valence-electron chi connectivity index (χ4n) is 1.96. The van der Waals surface area contributed by atoms with Gasteiger partial charge in [0.15, 0.2) is 0 Å². The number of carbonyl (C=O) groups is 1. The molecule has 7 heteroatoms. The number of amides is 1. The molecule has 1 fully saturated rings. The number of hydrogen-bond donors (Lipinski definition) is 2. The van der Waals surface area contributed by atoms with Gasteiger partial charge in [0.2, 0.25) is 5.95 Å². The minimum atomic E-state index is -0.255. The van der Waals surface area contributed by atoms with Gasteiger partial charge in [-0.25, -0.2) is 0 Å². The third kappa shape index (κ3) is 1.87. The Bertz CT molecular complexity index is 568. The lowest BCUT2D eigenvalue weighted by atomic mass is 9.85. The summed E-state index contributed by atoms with van der Waals surface area (Å²) >= 11 is 0. The average Bonchev–Trinajstić information content (AvgIpc) is 2.85. The molecule has 2 aromatic heterocycles. The second-order valence-electron chi connectivity index (χ2n) is 4.47. The number of H-pyrrole nitrogens is 1. The van der Waals surface area contributed by atoms with Crippen molar-refractivity contribution >= 4 is 11.9 Å².